The molecule has 0 aliphatic heterocycles. The summed E-state index contributed by atoms with van der Waals surface area (Å²) in [6, 6.07) is 0. The van der Waals surface area contributed by atoms with Crippen LogP contribution in [0.2, 0.25) is 0 Å². The number of allylic oxidation sites excluding steroid dienone is 1. The molecule has 1 atom stereocenters. The van der Waals surface area contributed by atoms with E-state index in [2.05, 4.69) is 26.0 Å². The van der Waals surface area contributed by atoms with Gasteiger partial charge in [0.05, 0.1) is 6.61 Å². The van der Waals surface area contributed by atoms with Crippen LogP contribution in [0.3, 0.4) is 0 Å². The maximum atomic E-state index is 4.90. The Morgan fingerprint density at radius 3 is 2.64 bits per heavy atom. The Balaban J connectivity index is 3.21. The van der Waals surface area contributed by atoms with Crippen molar-refractivity contribution < 1.29 is 4.74 Å². The van der Waals surface area contributed by atoms with Gasteiger partial charge in [-0.15, -0.1) is 0 Å². The van der Waals surface area contributed by atoms with Crippen molar-refractivity contribution in [3.05, 3.63) is 12.2 Å². The minimum Gasteiger partial charge on any atom is -0.381 e. The van der Waals surface area contributed by atoms with E-state index >= 15 is 0 Å². The molecule has 1 heteroatoms. The monoisotopic (exact) mass is 156 g/mol. The Labute approximate surface area is 70.4 Å². The molecule has 0 fully saturated rings. The summed E-state index contributed by atoms with van der Waals surface area (Å²) in [5.41, 5.74) is 0. The van der Waals surface area contributed by atoms with Crippen molar-refractivity contribution in [2.45, 2.75) is 33.1 Å². The molecule has 0 bridgehead atoms. The third-order valence-corrected chi connectivity index (χ3v) is 1.75. The molecule has 0 saturated heterocycles. The molecular weight excluding hydrogens is 136 g/mol. The number of hydrogen-bond donors (Lipinski definition) is 0. The van der Waals surface area contributed by atoms with Crippen LogP contribution in [0.25, 0.3) is 0 Å². The molecule has 0 aromatic carbocycles. The molecule has 0 aliphatic rings. The number of methoxy groups -OCH3 is 1. The van der Waals surface area contributed by atoms with Gasteiger partial charge in [0.25, 0.3) is 0 Å². The standard InChI is InChI=1S/C10H20O/c1-4-7-10(2)8-5-6-9-11-3/h5-6,10H,4,7-9H2,1-3H3. The summed E-state index contributed by atoms with van der Waals surface area (Å²) in [4.78, 5) is 0. The van der Waals surface area contributed by atoms with Gasteiger partial charge in [-0.05, 0) is 12.3 Å². The van der Waals surface area contributed by atoms with Crippen LogP contribution < -0.4 is 0 Å². The summed E-state index contributed by atoms with van der Waals surface area (Å²) in [5, 5.41) is 0. The molecule has 0 rings (SSSR count). The van der Waals surface area contributed by atoms with Crippen LogP contribution in [0.1, 0.15) is 33.1 Å². The van der Waals surface area contributed by atoms with Gasteiger partial charge in [0.1, 0.15) is 0 Å². The average Bonchev–Trinajstić information content (AvgIpc) is 1.99. The second-order valence-corrected chi connectivity index (χ2v) is 3.06. The third kappa shape index (κ3) is 7.60. The molecule has 0 radical (unpaired) electrons. The normalized spacial score (nSPS) is 14.1. The highest BCUT2D eigenvalue weighted by atomic mass is 16.5. The van der Waals surface area contributed by atoms with Gasteiger partial charge < -0.3 is 4.74 Å². The van der Waals surface area contributed by atoms with Crippen LogP contribution in [0, 0.1) is 5.92 Å². The Bertz CT molecular complexity index is 97.0. The molecule has 11 heavy (non-hydrogen) atoms. The first-order chi connectivity index (χ1) is 5.31. The van der Waals surface area contributed by atoms with E-state index in [-0.39, 0.29) is 0 Å². The lowest BCUT2D eigenvalue weighted by Crippen LogP contribution is -1.91. The van der Waals surface area contributed by atoms with Crippen molar-refractivity contribution in [3.8, 4) is 0 Å². The molecule has 0 amide bonds. The smallest absolute Gasteiger partial charge is 0.0643 e. The number of rotatable bonds is 6. The van der Waals surface area contributed by atoms with E-state index in [1.54, 1.807) is 7.11 Å². The summed E-state index contributed by atoms with van der Waals surface area (Å²) >= 11 is 0. The van der Waals surface area contributed by atoms with Gasteiger partial charge in [0, 0.05) is 7.11 Å². The molecule has 1 unspecified atom stereocenters. The first kappa shape index (κ1) is 10.7. The Morgan fingerprint density at radius 1 is 1.36 bits per heavy atom. The van der Waals surface area contributed by atoms with E-state index in [9.17, 15) is 0 Å². The van der Waals surface area contributed by atoms with Gasteiger partial charge in [0.2, 0.25) is 0 Å². The van der Waals surface area contributed by atoms with Gasteiger partial charge in [-0.25, -0.2) is 0 Å². The van der Waals surface area contributed by atoms with Crippen LogP contribution >= 0.6 is 0 Å². The van der Waals surface area contributed by atoms with E-state index in [0.29, 0.717) is 0 Å². The van der Waals surface area contributed by atoms with Gasteiger partial charge in [-0.3, -0.25) is 0 Å². The summed E-state index contributed by atoms with van der Waals surface area (Å²) in [5.74, 6) is 0.827. The van der Waals surface area contributed by atoms with Crippen molar-refractivity contribution >= 4 is 0 Å². The molecule has 0 N–H and O–H groups in total. The zero-order chi connectivity index (χ0) is 8.53. The Morgan fingerprint density at radius 2 is 2.09 bits per heavy atom. The fourth-order valence-electron chi connectivity index (χ4n) is 1.10. The summed E-state index contributed by atoms with van der Waals surface area (Å²) in [6.07, 6.45) is 8.11. The molecule has 0 aliphatic carbocycles. The largest absolute Gasteiger partial charge is 0.381 e. The first-order valence-electron chi connectivity index (χ1n) is 4.45. The molecular formula is C10H20O. The molecule has 66 valence electrons. The maximum Gasteiger partial charge on any atom is 0.0643 e. The van der Waals surface area contributed by atoms with E-state index in [0.717, 1.165) is 12.5 Å². The van der Waals surface area contributed by atoms with Crippen molar-refractivity contribution in [2.75, 3.05) is 13.7 Å². The molecule has 0 aromatic rings. The predicted molar refractivity (Wildman–Crippen MR) is 49.7 cm³/mol. The molecule has 0 spiro atoms. The highest BCUT2D eigenvalue weighted by Gasteiger charge is 1.95. The van der Waals surface area contributed by atoms with Crippen molar-refractivity contribution in [1.29, 1.82) is 0 Å². The second-order valence-electron chi connectivity index (χ2n) is 3.06. The van der Waals surface area contributed by atoms with E-state index in [1.807, 2.05) is 0 Å². The minimum atomic E-state index is 0.749. The van der Waals surface area contributed by atoms with Gasteiger partial charge in [0.15, 0.2) is 0 Å². The van der Waals surface area contributed by atoms with Crippen LogP contribution in [0.15, 0.2) is 12.2 Å². The summed E-state index contributed by atoms with van der Waals surface area (Å²) in [6.45, 7) is 5.27. The number of ether oxygens (including phenoxy) is 1. The molecule has 0 aromatic heterocycles. The number of hydrogen-bond acceptors (Lipinski definition) is 1. The lowest BCUT2D eigenvalue weighted by molar-refractivity contribution is 0.233. The maximum absolute atomic E-state index is 4.90. The van der Waals surface area contributed by atoms with E-state index in [4.69, 9.17) is 4.74 Å². The predicted octanol–water partition coefficient (Wildman–Crippen LogP) is 3.02. The first-order valence-corrected chi connectivity index (χ1v) is 4.45. The molecule has 1 nitrogen and oxygen atoms in total. The SMILES string of the molecule is CCCC(C)CC=CCOC. The minimum absolute atomic E-state index is 0.749. The summed E-state index contributed by atoms with van der Waals surface area (Å²) < 4.78 is 4.90. The van der Waals surface area contributed by atoms with E-state index < -0.39 is 0 Å². The highest BCUT2D eigenvalue weighted by molar-refractivity contribution is 4.82. The quantitative estimate of drug-likeness (QED) is 0.537. The van der Waals surface area contributed by atoms with Gasteiger partial charge in [-0.1, -0.05) is 38.8 Å². The van der Waals surface area contributed by atoms with Crippen LogP contribution in [-0.2, 0) is 4.74 Å². The van der Waals surface area contributed by atoms with E-state index in [1.165, 1.54) is 19.3 Å². The topological polar surface area (TPSA) is 9.23 Å². The summed E-state index contributed by atoms with van der Waals surface area (Å²) in [7, 11) is 1.72. The second kappa shape index (κ2) is 7.80. The third-order valence-electron chi connectivity index (χ3n) is 1.75. The van der Waals surface area contributed by atoms with Crippen molar-refractivity contribution in [1.82, 2.24) is 0 Å². The average molecular weight is 156 g/mol. The molecule has 0 heterocycles. The zero-order valence-corrected chi connectivity index (χ0v) is 7.97. The molecule has 0 saturated carbocycles. The Kier molecular flexibility index (Phi) is 7.59. The lowest BCUT2D eigenvalue weighted by Gasteiger charge is -2.04. The Hall–Kier alpha value is -0.300. The van der Waals surface area contributed by atoms with Gasteiger partial charge in [-0.2, -0.15) is 0 Å². The lowest BCUT2D eigenvalue weighted by atomic mass is 10.0. The van der Waals surface area contributed by atoms with Crippen LogP contribution in [0.5, 0.6) is 0 Å². The highest BCUT2D eigenvalue weighted by Crippen LogP contribution is 2.09. The van der Waals surface area contributed by atoms with Crippen molar-refractivity contribution in [3.63, 3.8) is 0 Å². The fraction of sp³-hybridized carbons (Fsp3) is 0.800. The van der Waals surface area contributed by atoms with Gasteiger partial charge >= 0.3 is 0 Å². The fourth-order valence-corrected chi connectivity index (χ4v) is 1.10. The van der Waals surface area contributed by atoms with Crippen LogP contribution in [0.4, 0.5) is 0 Å². The van der Waals surface area contributed by atoms with Crippen molar-refractivity contribution in [2.24, 2.45) is 5.92 Å². The zero-order valence-electron chi connectivity index (χ0n) is 7.97. The van der Waals surface area contributed by atoms with Crippen LogP contribution in [-0.4, -0.2) is 13.7 Å².